The number of allylic oxidation sites excluding steroid dienone is 2. The maximum Gasteiger partial charge on any atom is 0.305 e. The van der Waals surface area contributed by atoms with Crippen LogP contribution in [0.5, 0.6) is 0 Å². The number of carbonyl (C=O) groups excluding carboxylic acids is 1. The topological polar surface area (TPSA) is 87.0 Å². The molecule has 0 aromatic heterocycles. The zero-order chi connectivity index (χ0) is 21.9. The average Bonchev–Trinajstić information content (AvgIpc) is 3.03. The van der Waals surface area contributed by atoms with E-state index in [1.165, 1.54) is 7.11 Å². The van der Waals surface area contributed by atoms with Gasteiger partial charge in [0.05, 0.1) is 19.3 Å². The van der Waals surface area contributed by atoms with Crippen molar-refractivity contribution in [2.75, 3.05) is 13.7 Å². The highest BCUT2D eigenvalue weighted by Gasteiger charge is 2.41. The molecule has 0 radical (unpaired) electrons. The minimum absolute atomic E-state index is 0.0344. The summed E-state index contributed by atoms with van der Waals surface area (Å²) in [5, 5.41) is 29.7. The number of methoxy groups -OCH3 is 1. The molecule has 5 nitrogen and oxygen atoms in total. The third kappa shape index (κ3) is 7.38. The van der Waals surface area contributed by atoms with Crippen molar-refractivity contribution in [3.05, 3.63) is 47.5 Å². The number of esters is 1. The molecule has 1 aromatic rings. The molecule has 0 amide bonds. The summed E-state index contributed by atoms with van der Waals surface area (Å²) in [7, 11) is 1.40. The van der Waals surface area contributed by atoms with Crippen LogP contribution in [0.1, 0.15) is 74.5 Å². The Hall–Kier alpha value is -1.40. The van der Waals surface area contributed by atoms with Crippen LogP contribution in [0.15, 0.2) is 36.4 Å². The van der Waals surface area contributed by atoms with Crippen LogP contribution >= 0.6 is 11.6 Å². The van der Waals surface area contributed by atoms with Crippen molar-refractivity contribution in [3.63, 3.8) is 0 Å². The van der Waals surface area contributed by atoms with E-state index in [-0.39, 0.29) is 29.8 Å². The van der Waals surface area contributed by atoms with Gasteiger partial charge in [0, 0.05) is 24.3 Å². The van der Waals surface area contributed by atoms with E-state index < -0.39 is 12.2 Å². The van der Waals surface area contributed by atoms with Crippen LogP contribution in [-0.2, 0) is 9.53 Å². The van der Waals surface area contributed by atoms with Crippen LogP contribution < -0.4 is 0 Å². The molecule has 2 unspecified atom stereocenters. The Morgan fingerprint density at radius 3 is 2.63 bits per heavy atom. The highest BCUT2D eigenvalue weighted by atomic mass is 35.5. The number of halogens is 1. The van der Waals surface area contributed by atoms with E-state index in [4.69, 9.17) is 16.7 Å². The molecule has 1 aliphatic carbocycles. The molecular formula is C24H35ClO5. The Labute approximate surface area is 184 Å². The predicted octanol–water partition coefficient (Wildman–Crippen LogP) is 4.24. The number of carbonyl (C=O) groups is 1. The number of aliphatic hydroxyl groups excluding tert-OH is 3. The minimum Gasteiger partial charge on any atom is -0.469 e. The second-order valence-corrected chi connectivity index (χ2v) is 8.65. The average molecular weight is 439 g/mol. The summed E-state index contributed by atoms with van der Waals surface area (Å²) in [6, 6.07) is 7.82. The molecule has 1 fully saturated rings. The van der Waals surface area contributed by atoms with Crippen LogP contribution in [0, 0.1) is 5.92 Å². The molecule has 0 saturated heterocycles. The molecule has 1 aromatic carbocycles. The van der Waals surface area contributed by atoms with Crippen molar-refractivity contribution < 1.29 is 24.9 Å². The number of aliphatic hydroxyl groups is 3. The summed E-state index contributed by atoms with van der Waals surface area (Å²) in [5.41, 5.74) is 1.90. The fourth-order valence-corrected chi connectivity index (χ4v) is 4.66. The van der Waals surface area contributed by atoms with E-state index in [2.05, 4.69) is 16.9 Å². The number of ether oxygens (including phenoxy) is 1. The summed E-state index contributed by atoms with van der Waals surface area (Å²) in [4.78, 5) is 11.1. The summed E-state index contributed by atoms with van der Waals surface area (Å²) in [6.07, 6.45) is 8.58. The Kier molecular flexibility index (Phi) is 10.9. The van der Waals surface area contributed by atoms with Crippen molar-refractivity contribution >= 4 is 17.6 Å². The van der Waals surface area contributed by atoms with Crippen molar-refractivity contribution in [2.45, 2.75) is 74.9 Å². The van der Waals surface area contributed by atoms with Gasteiger partial charge in [0.15, 0.2) is 0 Å². The van der Waals surface area contributed by atoms with Gasteiger partial charge in [-0.15, -0.1) is 11.6 Å². The first kappa shape index (κ1) is 24.9. The number of alkyl halides is 1. The van der Waals surface area contributed by atoms with Crippen LogP contribution in [0.2, 0.25) is 0 Å². The zero-order valence-corrected chi connectivity index (χ0v) is 18.5. The van der Waals surface area contributed by atoms with E-state index in [9.17, 15) is 15.0 Å². The number of unbranched alkanes of at least 4 members (excludes halogenated alkanes) is 2. The number of benzene rings is 1. The lowest BCUT2D eigenvalue weighted by atomic mass is 9.84. The van der Waals surface area contributed by atoms with E-state index in [1.54, 1.807) is 0 Å². The second kappa shape index (κ2) is 13.1. The molecule has 1 aliphatic rings. The highest BCUT2D eigenvalue weighted by molar-refractivity contribution is 6.21. The molecule has 0 bridgehead atoms. The van der Waals surface area contributed by atoms with Gasteiger partial charge in [-0.05, 0) is 62.0 Å². The van der Waals surface area contributed by atoms with Crippen LogP contribution in [-0.4, -0.2) is 46.5 Å². The van der Waals surface area contributed by atoms with E-state index in [0.717, 1.165) is 36.8 Å². The third-order valence-electron chi connectivity index (χ3n) is 5.95. The number of rotatable bonds is 12. The van der Waals surface area contributed by atoms with E-state index in [0.29, 0.717) is 25.7 Å². The van der Waals surface area contributed by atoms with Gasteiger partial charge in [-0.3, -0.25) is 4.79 Å². The van der Waals surface area contributed by atoms with Gasteiger partial charge >= 0.3 is 5.97 Å². The second-order valence-electron chi connectivity index (χ2n) is 8.09. The Morgan fingerprint density at radius 1 is 1.23 bits per heavy atom. The minimum atomic E-state index is -0.538. The summed E-state index contributed by atoms with van der Waals surface area (Å²) < 4.78 is 4.64. The standard InChI is InChI=1S/C24H35ClO5/c1-30-23(29)10-5-3-2-4-8-19-20(25)16-22(28)24(19)18-13-11-17(12-14-18)21(27)9-6-7-15-26/h2,4,11-14,19-22,24,26-28H,3,5-10,15-16H2,1H3/b4-2-/t19-,20+,21?,22?,24+/m0/s1. The number of hydrogen-bond donors (Lipinski definition) is 3. The molecule has 6 heteroatoms. The summed E-state index contributed by atoms with van der Waals surface area (Å²) in [5.74, 6) is -0.0863. The fraction of sp³-hybridized carbons (Fsp3) is 0.625. The van der Waals surface area contributed by atoms with Gasteiger partial charge in [0.1, 0.15) is 0 Å². The first-order valence-corrected chi connectivity index (χ1v) is 11.3. The Bertz CT molecular complexity index is 660. The maximum absolute atomic E-state index is 11.1. The third-order valence-corrected chi connectivity index (χ3v) is 6.45. The highest BCUT2D eigenvalue weighted by Crippen LogP contribution is 2.45. The molecule has 0 spiro atoms. The smallest absolute Gasteiger partial charge is 0.305 e. The zero-order valence-electron chi connectivity index (χ0n) is 17.8. The predicted molar refractivity (Wildman–Crippen MR) is 118 cm³/mol. The van der Waals surface area contributed by atoms with Gasteiger partial charge in [-0.1, -0.05) is 36.4 Å². The summed E-state index contributed by atoms with van der Waals surface area (Å²) in [6.45, 7) is 0.145. The Morgan fingerprint density at radius 2 is 1.97 bits per heavy atom. The SMILES string of the molecule is COC(=O)CCC/C=C\C[C@H]1[C@H](Cl)CC(O)[C@@H]1c1ccc(C(O)CCCCO)cc1. The Balaban J connectivity index is 1.94. The molecule has 168 valence electrons. The van der Waals surface area contributed by atoms with Crippen LogP contribution in [0.4, 0.5) is 0 Å². The largest absolute Gasteiger partial charge is 0.469 e. The van der Waals surface area contributed by atoms with Crippen molar-refractivity contribution in [2.24, 2.45) is 5.92 Å². The van der Waals surface area contributed by atoms with E-state index >= 15 is 0 Å². The van der Waals surface area contributed by atoms with Crippen molar-refractivity contribution in [1.29, 1.82) is 0 Å². The van der Waals surface area contributed by atoms with Gasteiger partial charge < -0.3 is 20.1 Å². The molecule has 0 heterocycles. The van der Waals surface area contributed by atoms with Gasteiger partial charge in [-0.25, -0.2) is 0 Å². The van der Waals surface area contributed by atoms with E-state index in [1.807, 2.05) is 24.3 Å². The number of hydrogen-bond acceptors (Lipinski definition) is 5. The van der Waals surface area contributed by atoms with Crippen molar-refractivity contribution in [3.8, 4) is 0 Å². The fourth-order valence-electron chi connectivity index (χ4n) is 4.22. The van der Waals surface area contributed by atoms with Crippen LogP contribution in [0.25, 0.3) is 0 Å². The normalized spacial score (nSPS) is 25.0. The molecule has 0 aliphatic heterocycles. The van der Waals surface area contributed by atoms with Crippen LogP contribution in [0.3, 0.4) is 0 Å². The van der Waals surface area contributed by atoms with Crippen molar-refractivity contribution in [1.82, 2.24) is 0 Å². The quantitative estimate of drug-likeness (QED) is 0.196. The van der Waals surface area contributed by atoms with Gasteiger partial charge in [0.2, 0.25) is 0 Å². The summed E-state index contributed by atoms with van der Waals surface area (Å²) >= 11 is 6.56. The van der Waals surface area contributed by atoms with Gasteiger partial charge in [0.25, 0.3) is 0 Å². The van der Waals surface area contributed by atoms with Gasteiger partial charge in [-0.2, -0.15) is 0 Å². The molecule has 3 N–H and O–H groups in total. The lowest BCUT2D eigenvalue weighted by Crippen LogP contribution is -2.18. The molecular weight excluding hydrogens is 404 g/mol. The maximum atomic E-state index is 11.1. The molecule has 30 heavy (non-hydrogen) atoms. The first-order valence-electron chi connectivity index (χ1n) is 10.9. The molecule has 5 atom stereocenters. The first-order chi connectivity index (χ1) is 14.5. The lowest BCUT2D eigenvalue weighted by molar-refractivity contribution is -0.140. The monoisotopic (exact) mass is 438 g/mol. The molecule has 2 rings (SSSR count). The lowest BCUT2D eigenvalue weighted by Gasteiger charge is -2.23. The molecule has 1 saturated carbocycles.